The molecule has 1 aliphatic rings. The number of hydrogen-bond donors (Lipinski definition) is 1. The molecule has 0 radical (unpaired) electrons. The predicted molar refractivity (Wildman–Crippen MR) is 121 cm³/mol. The van der Waals surface area contributed by atoms with Crippen LogP contribution in [-0.2, 0) is 9.59 Å². The van der Waals surface area contributed by atoms with E-state index in [1.165, 1.54) is 30.3 Å². The Morgan fingerprint density at radius 2 is 1.91 bits per heavy atom. The molecular formula is C24H19N3O7. The van der Waals surface area contributed by atoms with Gasteiger partial charge in [0.1, 0.15) is 23.9 Å². The van der Waals surface area contributed by atoms with Crippen molar-refractivity contribution < 1.29 is 28.9 Å². The standard InChI is InChI=1S/C24H19N3O7/c1-3-12-33-18-10-6-16(7-11-18)22(28)20-21(15-4-8-17(9-5-15)27(31)32)26(24(30)23(20)29)19-13-14(2)34-25-19/h3-11,13,21,28H,1,12H2,2H3/t21-/m0/s1. The zero-order valence-electron chi connectivity index (χ0n) is 18.0. The van der Waals surface area contributed by atoms with Gasteiger partial charge in [-0.05, 0) is 48.9 Å². The number of ether oxygens (including phenoxy) is 1. The molecule has 10 heteroatoms. The Hall–Kier alpha value is -4.73. The van der Waals surface area contributed by atoms with E-state index < -0.39 is 28.4 Å². The van der Waals surface area contributed by atoms with Gasteiger partial charge in [-0.15, -0.1) is 0 Å². The average molecular weight is 461 g/mol. The fourth-order valence-electron chi connectivity index (χ4n) is 3.65. The summed E-state index contributed by atoms with van der Waals surface area (Å²) in [6.07, 6.45) is 1.59. The third kappa shape index (κ3) is 4.04. The number of ketones is 1. The zero-order chi connectivity index (χ0) is 24.4. The normalized spacial score (nSPS) is 17.1. The summed E-state index contributed by atoms with van der Waals surface area (Å²) in [7, 11) is 0. The lowest BCUT2D eigenvalue weighted by Crippen LogP contribution is -2.29. The largest absolute Gasteiger partial charge is 0.507 e. The minimum Gasteiger partial charge on any atom is -0.507 e. The Kier molecular flexibility index (Phi) is 5.96. The Morgan fingerprint density at radius 1 is 1.24 bits per heavy atom. The monoisotopic (exact) mass is 461 g/mol. The first-order chi connectivity index (χ1) is 16.3. The number of hydrogen-bond acceptors (Lipinski definition) is 8. The highest BCUT2D eigenvalue weighted by molar-refractivity contribution is 6.51. The molecule has 0 spiro atoms. The predicted octanol–water partition coefficient (Wildman–Crippen LogP) is 4.08. The second-order valence-electron chi connectivity index (χ2n) is 7.44. The fraction of sp³-hybridized carbons (Fsp3) is 0.125. The fourth-order valence-corrected chi connectivity index (χ4v) is 3.65. The molecule has 3 aromatic rings. The molecule has 1 N–H and O–H groups in total. The van der Waals surface area contributed by atoms with Gasteiger partial charge in [0.2, 0.25) is 0 Å². The smallest absolute Gasteiger partial charge is 0.301 e. The van der Waals surface area contributed by atoms with E-state index in [-0.39, 0.29) is 22.6 Å². The van der Waals surface area contributed by atoms with Crippen molar-refractivity contribution in [1.82, 2.24) is 5.16 Å². The molecule has 34 heavy (non-hydrogen) atoms. The minimum atomic E-state index is -1.08. The van der Waals surface area contributed by atoms with Gasteiger partial charge in [0.05, 0.1) is 16.5 Å². The molecule has 1 amide bonds. The SMILES string of the molecule is C=CCOc1ccc(C(O)=C2C(=O)C(=O)N(c3cc(C)on3)[C@H]2c2ccc([N+](=O)[O-])cc2)cc1. The summed E-state index contributed by atoms with van der Waals surface area (Å²) in [4.78, 5) is 37.7. The maximum Gasteiger partial charge on any atom is 0.301 e. The summed E-state index contributed by atoms with van der Waals surface area (Å²) in [5, 5.41) is 26.0. The summed E-state index contributed by atoms with van der Waals surface area (Å²) in [5.74, 6) is -1.22. The summed E-state index contributed by atoms with van der Waals surface area (Å²) < 4.78 is 10.5. The van der Waals surface area contributed by atoms with Gasteiger partial charge in [0.15, 0.2) is 5.82 Å². The van der Waals surface area contributed by atoms with Crippen LogP contribution in [0.5, 0.6) is 5.75 Å². The molecule has 2 aromatic carbocycles. The third-order valence-electron chi connectivity index (χ3n) is 5.22. The van der Waals surface area contributed by atoms with E-state index in [9.17, 15) is 24.8 Å². The van der Waals surface area contributed by atoms with Gasteiger partial charge in [-0.3, -0.25) is 24.6 Å². The maximum atomic E-state index is 13.1. The van der Waals surface area contributed by atoms with Crippen molar-refractivity contribution in [2.75, 3.05) is 11.5 Å². The Balaban J connectivity index is 1.84. The van der Waals surface area contributed by atoms with E-state index in [0.717, 1.165) is 4.90 Å². The number of aryl methyl sites for hydroxylation is 1. The van der Waals surface area contributed by atoms with Crippen LogP contribution in [0.15, 0.2) is 77.3 Å². The Labute approximate surface area is 193 Å². The molecule has 0 saturated carbocycles. The molecule has 1 atom stereocenters. The lowest BCUT2D eigenvalue weighted by atomic mass is 9.95. The van der Waals surface area contributed by atoms with E-state index in [1.54, 1.807) is 37.3 Å². The first-order valence-corrected chi connectivity index (χ1v) is 10.1. The summed E-state index contributed by atoms with van der Waals surface area (Å²) in [6.45, 7) is 5.51. The van der Waals surface area contributed by atoms with Gasteiger partial charge < -0.3 is 14.4 Å². The minimum absolute atomic E-state index is 0.0789. The molecule has 0 bridgehead atoms. The van der Waals surface area contributed by atoms with Crippen LogP contribution in [0.25, 0.3) is 5.76 Å². The van der Waals surface area contributed by atoms with Crippen LogP contribution >= 0.6 is 0 Å². The number of Topliss-reactive ketones (excluding diaryl/α,β-unsaturated/α-hetero) is 1. The maximum absolute atomic E-state index is 13.1. The van der Waals surface area contributed by atoms with Crippen molar-refractivity contribution in [3.8, 4) is 5.75 Å². The molecule has 2 heterocycles. The van der Waals surface area contributed by atoms with Crippen LogP contribution in [0.1, 0.15) is 22.9 Å². The quantitative estimate of drug-likeness (QED) is 0.139. The molecule has 172 valence electrons. The highest BCUT2D eigenvalue weighted by Crippen LogP contribution is 2.42. The van der Waals surface area contributed by atoms with E-state index in [4.69, 9.17) is 9.26 Å². The second-order valence-corrected chi connectivity index (χ2v) is 7.44. The van der Waals surface area contributed by atoms with Crippen molar-refractivity contribution in [2.45, 2.75) is 13.0 Å². The van der Waals surface area contributed by atoms with Gasteiger partial charge in [-0.2, -0.15) is 0 Å². The summed E-state index contributed by atoms with van der Waals surface area (Å²) in [6, 6.07) is 12.1. The average Bonchev–Trinajstić information content (AvgIpc) is 3.38. The van der Waals surface area contributed by atoms with Crippen LogP contribution in [0.2, 0.25) is 0 Å². The van der Waals surface area contributed by atoms with Crippen LogP contribution in [0.3, 0.4) is 0 Å². The number of nitro benzene ring substituents is 1. The number of non-ortho nitro benzene ring substituents is 1. The molecule has 1 saturated heterocycles. The first kappa shape index (κ1) is 22.5. The van der Waals surface area contributed by atoms with E-state index in [0.29, 0.717) is 23.7 Å². The number of nitrogens with zero attached hydrogens (tertiary/aromatic N) is 3. The van der Waals surface area contributed by atoms with Crippen molar-refractivity contribution in [2.24, 2.45) is 0 Å². The number of nitro groups is 1. The third-order valence-corrected chi connectivity index (χ3v) is 5.22. The molecule has 4 rings (SSSR count). The van der Waals surface area contributed by atoms with Crippen LogP contribution in [0.4, 0.5) is 11.5 Å². The highest BCUT2D eigenvalue weighted by Gasteiger charge is 2.48. The number of carbonyl (C=O) groups excluding carboxylic acids is 2. The van der Waals surface area contributed by atoms with Gasteiger partial charge in [-0.1, -0.05) is 17.8 Å². The van der Waals surface area contributed by atoms with Gasteiger partial charge in [0, 0.05) is 23.8 Å². The number of amides is 1. The number of rotatable bonds is 7. The number of aliphatic hydroxyl groups excluding tert-OH is 1. The number of anilines is 1. The number of aromatic nitrogens is 1. The number of benzene rings is 2. The van der Waals surface area contributed by atoms with Crippen molar-refractivity contribution in [3.05, 3.63) is 99.8 Å². The van der Waals surface area contributed by atoms with Crippen molar-refractivity contribution in [1.29, 1.82) is 0 Å². The van der Waals surface area contributed by atoms with Gasteiger partial charge >= 0.3 is 5.91 Å². The molecule has 0 unspecified atom stereocenters. The van der Waals surface area contributed by atoms with E-state index in [1.807, 2.05) is 0 Å². The van der Waals surface area contributed by atoms with Crippen LogP contribution < -0.4 is 9.64 Å². The zero-order valence-corrected chi connectivity index (χ0v) is 18.0. The van der Waals surface area contributed by atoms with Crippen molar-refractivity contribution in [3.63, 3.8) is 0 Å². The van der Waals surface area contributed by atoms with E-state index >= 15 is 0 Å². The molecule has 1 fully saturated rings. The van der Waals surface area contributed by atoms with Gasteiger partial charge in [-0.25, -0.2) is 0 Å². The van der Waals surface area contributed by atoms with Crippen LogP contribution in [0, 0.1) is 17.0 Å². The lowest BCUT2D eigenvalue weighted by molar-refractivity contribution is -0.384. The molecule has 1 aromatic heterocycles. The second kappa shape index (κ2) is 9.02. The van der Waals surface area contributed by atoms with Crippen molar-refractivity contribution >= 4 is 29.0 Å². The molecule has 0 aliphatic carbocycles. The highest BCUT2D eigenvalue weighted by atomic mass is 16.6. The Morgan fingerprint density at radius 3 is 2.47 bits per heavy atom. The Bertz CT molecular complexity index is 1310. The number of aliphatic hydroxyl groups is 1. The molecule has 10 nitrogen and oxygen atoms in total. The van der Waals surface area contributed by atoms with E-state index in [2.05, 4.69) is 11.7 Å². The summed E-state index contributed by atoms with van der Waals surface area (Å²) in [5.41, 5.74) is 0.317. The van der Waals surface area contributed by atoms with Crippen LogP contribution in [-0.4, -0.2) is 33.5 Å². The number of carbonyl (C=O) groups is 2. The summed E-state index contributed by atoms with van der Waals surface area (Å²) >= 11 is 0. The molecule has 1 aliphatic heterocycles. The lowest BCUT2D eigenvalue weighted by Gasteiger charge is -2.22. The van der Waals surface area contributed by atoms with Gasteiger partial charge in [0.25, 0.3) is 11.5 Å². The first-order valence-electron chi connectivity index (χ1n) is 10.1. The molecular weight excluding hydrogens is 442 g/mol. The topological polar surface area (TPSA) is 136 Å².